The van der Waals surface area contributed by atoms with Crippen molar-refractivity contribution in [2.45, 2.75) is 19.8 Å². The molecule has 0 fully saturated rings. The summed E-state index contributed by atoms with van der Waals surface area (Å²) < 4.78 is 0. The highest BCUT2D eigenvalue weighted by Crippen LogP contribution is 2.41. The van der Waals surface area contributed by atoms with Crippen LogP contribution < -0.4 is 5.32 Å². The molecule has 2 aromatic carbocycles. The summed E-state index contributed by atoms with van der Waals surface area (Å²) in [4.78, 5) is 22.3. The predicted octanol–water partition coefficient (Wildman–Crippen LogP) is 3.32. The number of nitrogens with zero attached hydrogens (tertiary/aromatic N) is 1. The standard InChI is InChI=1S/C16H14N2O3/c1-10(19)17-15-9-8-13-12-5-3-2-4-11(12)6-7-14(13)16(15)18(20)21/h2-5,8-9H,6-7H2,1H3,(H,17,19). The van der Waals surface area contributed by atoms with Gasteiger partial charge in [-0.2, -0.15) is 0 Å². The zero-order valence-electron chi connectivity index (χ0n) is 11.6. The molecule has 5 nitrogen and oxygen atoms in total. The molecule has 0 unspecified atom stereocenters. The van der Waals surface area contributed by atoms with E-state index in [0.717, 1.165) is 17.5 Å². The highest BCUT2D eigenvalue weighted by Gasteiger charge is 2.27. The first-order valence-corrected chi connectivity index (χ1v) is 6.74. The lowest BCUT2D eigenvalue weighted by Gasteiger charge is -2.20. The van der Waals surface area contributed by atoms with Gasteiger partial charge in [0.15, 0.2) is 0 Å². The van der Waals surface area contributed by atoms with E-state index in [4.69, 9.17) is 0 Å². The summed E-state index contributed by atoms with van der Waals surface area (Å²) in [6.07, 6.45) is 1.38. The molecule has 0 atom stereocenters. The van der Waals surface area contributed by atoms with Crippen molar-refractivity contribution >= 4 is 17.3 Å². The van der Waals surface area contributed by atoms with Crippen molar-refractivity contribution in [2.75, 3.05) is 5.32 Å². The van der Waals surface area contributed by atoms with Gasteiger partial charge in [0, 0.05) is 12.5 Å². The molecule has 3 rings (SSSR count). The molecule has 0 bridgehead atoms. The van der Waals surface area contributed by atoms with Gasteiger partial charge >= 0.3 is 0 Å². The van der Waals surface area contributed by atoms with Crippen LogP contribution in [0.5, 0.6) is 0 Å². The van der Waals surface area contributed by atoms with Crippen LogP contribution in [0.4, 0.5) is 11.4 Å². The molecule has 0 saturated heterocycles. The van der Waals surface area contributed by atoms with Crippen LogP contribution in [-0.4, -0.2) is 10.8 Å². The number of carbonyl (C=O) groups is 1. The van der Waals surface area contributed by atoms with Gasteiger partial charge in [-0.25, -0.2) is 0 Å². The molecular weight excluding hydrogens is 268 g/mol. The quantitative estimate of drug-likeness (QED) is 0.678. The summed E-state index contributed by atoms with van der Waals surface area (Å²) in [7, 11) is 0. The van der Waals surface area contributed by atoms with Crippen LogP contribution in [0, 0.1) is 10.1 Å². The molecule has 1 aliphatic carbocycles. The highest BCUT2D eigenvalue weighted by atomic mass is 16.6. The third kappa shape index (κ3) is 2.27. The summed E-state index contributed by atoms with van der Waals surface area (Å²) in [5.41, 5.74) is 4.10. The number of amides is 1. The lowest BCUT2D eigenvalue weighted by molar-refractivity contribution is -0.384. The average molecular weight is 282 g/mol. The minimum Gasteiger partial charge on any atom is -0.321 e. The second kappa shape index (κ2) is 5.01. The van der Waals surface area contributed by atoms with Crippen molar-refractivity contribution in [3.05, 3.63) is 57.6 Å². The Morgan fingerprint density at radius 1 is 1.14 bits per heavy atom. The van der Waals surface area contributed by atoms with Crippen LogP contribution in [0.2, 0.25) is 0 Å². The Bertz CT molecular complexity index is 753. The number of aryl methyl sites for hydroxylation is 1. The minimum absolute atomic E-state index is 0.0113. The van der Waals surface area contributed by atoms with Gasteiger partial charge in [-0.05, 0) is 35.6 Å². The van der Waals surface area contributed by atoms with Crippen LogP contribution in [0.25, 0.3) is 11.1 Å². The highest BCUT2D eigenvalue weighted by molar-refractivity contribution is 5.93. The fourth-order valence-corrected chi connectivity index (χ4v) is 2.90. The molecule has 0 heterocycles. The molecule has 2 aromatic rings. The number of fused-ring (bicyclic) bond motifs is 3. The van der Waals surface area contributed by atoms with Crippen molar-refractivity contribution in [2.24, 2.45) is 0 Å². The van der Waals surface area contributed by atoms with Crippen molar-refractivity contribution in [3.8, 4) is 11.1 Å². The SMILES string of the molecule is CC(=O)Nc1ccc2c(c1[N+](=O)[O-])CCc1ccccc1-2. The fourth-order valence-electron chi connectivity index (χ4n) is 2.90. The fraction of sp³-hybridized carbons (Fsp3) is 0.188. The van der Waals surface area contributed by atoms with Crippen molar-refractivity contribution in [1.29, 1.82) is 0 Å². The van der Waals surface area contributed by atoms with E-state index in [0.29, 0.717) is 12.0 Å². The first-order chi connectivity index (χ1) is 10.1. The Labute approximate surface area is 121 Å². The van der Waals surface area contributed by atoms with Crippen LogP contribution >= 0.6 is 0 Å². The molecule has 0 aliphatic heterocycles. The van der Waals surface area contributed by atoms with E-state index in [1.165, 1.54) is 12.5 Å². The molecular formula is C16H14N2O3. The number of nitro groups is 1. The molecule has 1 amide bonds. The summed E-state index contributed by atoms with van der Waals surface area (Å²) in [6, 6.07) is 11.4. The third-order valence-electron chi connectivity index (χ3n) is 3.73. The van der Waals surface area contributed by atoms with E-state index >= 15 is 0 Å². The zero-order valence-corrected chi connectivity index (χ0v) is 11.6. The van der Waals surface area contributed by atoms with Gasteiger partial charge in [0.2, 0.25) is 5.91 Å². The Kier molecular flexibility index (Phi) is 3.17. The summed E-state index contributed by atoms with van der Waals surface area (Å²) >= 11 is 0. The number of anilines is 1. The lowest BCUT2D eigenvalue weighted by atomic mass is 9.84. The predicted molar refractivity (Wildman–Crippen MR) is 80.2 cm³/mol. The Morgan fingerprint density at radius 3 is 2.62 bits per heavy atom. The molecule has 1 N–H and O–H groups in total. The number of nitro benzene ring substituents is 1. The molecule has 0 saturated carbocycles. The largest absolute Gasteiger partial charge is 0.321 e. The molecule has 0 aromatic heterocycles. The van der Waals surface area contributed by atoms with Gasteiger partial charge < -0.3 is 5.32 Å². The van der Waals surface area contributed by atoms with Gasteiger partial charge in [-0.1, -0.05) is 30.3 Å². The van der Waals surface area contributed by atoms with Gasteiger partial charge in [0.05, 0.1) is 4.92 Å². The van der Waals surface area contributed by atoms with Gasteiger partial charge in [0.1, 0.15) is 5.69 Å². The number of hydrogen-bond donors (Lipinski definition) is 1. The van der Waals surface area contributed by atoms with E-state index in [1.54, 1.807) is 6.07 Å². The first-order valence-electron chi connectivity index (χ1n) is 6.74. The van der Waals surface area contributed by atoms with E-state index in [9.17, 15) is 14.9 Å². The Morgan fingerprint density at radius 2 is 1.90 bits per heavy atom. The van der Waals surface area contributed by atoms with Crippen molar-refractivity contribution < 1.29 is 9.72 Å². The van der Waals surface area contributed by atoms with Crippen molar-refractivity contribution in [3.63, 3.8) is 0 Å². The van der Waals surface area contributed by atoms with Crippen LogP contribution in [0.1, 0.15) is 18.1 Å². The lowest BCUT2D eigenvalue weighted by Crippen LogP contribution is -2.12. The summed E-state index contributed by atoms with van der Waals surface area (Å²) in [6.45, 7) is 1.35. The smallest absolute Gasteiger partial charge is 0.296 e. The van der Waals surface area contributed by atoms with Gasteiger partial charge in [-0.15, -0.1) is 0 Å². The molecule has 5 heteroatoms. The monoisotopic (exact) mass is 282 g/mol. The average Bonchev–Trinajstić information content (AvgIpc) is 2.45. The van der Waals surface area contributed by atoms with Crippen LogP contribution in [-0.2, 0) is 17.6 Å². The Balaban J connectivity index is 2.23. The Hall–Kier alpha value is -2.69. The molecule has 21 heavy (non-hydrogen) atoms. The maximum Gasteiger partial charge on any atom is 0.296 e. The first kappa shape index (κ1) is 13.3. The minimum atomic E-state index is -0.405. The summed E-state index contributed by atoms with van der Waals surface area (Å²) in [5.74, 6) is -0.311. The maximum absolute atomic E-state index is 11.4. The number of hydrogen-bond acceptors (Lipinski definition) is 3. The maximum atomic E-state index is 11.4. The third-order valence-corrected chi connectivity index (χ3v) is 3.73. The number of nitrogens with one attached hydrogen (secondary N) is 1. The van der Waals surface area contributed by atoms with E-state index in [-0.39, 0.29) is 17.3 Å². The molecule has 0 spiro atoms. The second-order valence-corrected chi connectivity index (χ2v) is 5.08. The van der Waals surface area contributed by atoms with E-state index < -0.39 is 4.92 Å². The topological polar surface area (TPSA) is 72.2 Å². The normalized spacial score (nSPS) is 12.2. The number of carbonyl (C=O) groups excluding carboxylic acids is 1. The van der Waals surface area contributed by atoms with Crippen molar-refractivity contribution in [1.82, 2.24) is 0 Å². The number of rotatable bonds is 2. The molecule has 1 aliphatic rings. The van der Waals surface area contributed by atoms with E-state index in [2.05, 4.69) is 5.32 Å². The number of benzene rings is 2. The van der Waals surface area contributed by atoms with Gasteiger partial charge in [-0.3, -0.25) is 14.9 Å². The van der Waals surface area contributed by atoms with Gasteiger partial charge in [0.25, 0.3) is 5.69 Å². The molecule has 0 radical (unpaired) electrons. The van der Waals surface area contributed by atoms with E-state index in [1.807, 2.05) is 30.3 Å². The van der Waals surface area contributed by atoms with Crippen LogP contribution in [0.3, 0.4) is 0 Å². The summed E-state index contributed by atoms with van der Waals surface area (Å²) in [5, 5.41) is 14.0. The zero-order chi connectivity index (χ0) is 15.0. The van der Waals surface area contributed by atoms with Crippen LogP contribution in [0.15, 0.2) is 36.4 Å². The second-order valence-electron chi connectivity index (χ2n) is 5.08. The molecule has 106 valence electrons.